The van der Waals surface area contributed by atoms with Gasteiger partial charge < -0.3 is 9.47 Å². The molecule has 2 aromatic rings. The lowest BCUT2D eigenvalue weighted by Crippen LogP contribution is -2.15. The second-order valence-corrected chi connectivity index (χ2v) is 7.93. The maximum absolute atomic E-state index is 12.4. The van der Waals surface area contributed by atoms with Gasteiger partial charge in [0.2, 0.25) is 10.0 Å². The second kappa shape index (κ2) is 6.67. The normalized spacial score (nSPS) is 11.8. The maximum atomic E-state index is 12.4. The largest absolute Gasteiger partial charge is 0.497 e. The molecule has 10 heteroatoms. The first-order chi connectivity index (χ1) is 11.2. The predicted octanol–water partition coefficient (Wildman–Crippen LogP) is 1.15. The number of nitrogens with two attached hydrogens (primary N) is 1. The first-order valence-corrected chi connectivity index (χ1v) is 9.58. The summed E-state index contributed by atoms with van der Waals surface area (Å²) in [6.07, 6.45) is 0. The molecule has 0 atom stereocenters. The summed E-state index contributed by atoms with van der Waals surface area (Å²) in [5, 5.41) is 4.99. The Morgan fingerprint density at radius 2 is 1.46 bits per heavy atom. The molecule has 24 heavy (non-hydrogen) atoms. The first-order valence-electron chi connectivity index (χ1n) is 6.55. The van der Waals surface area contributed by atoms with Crippen molar-refractivity contribution in [3.8, 4) is 11.5 Å². The van der Waals surface area contributed by atoms with E-state index in [0.717, 1.165) is 24.3 Å². The Bertz CT molecular complexity index is 938. The Kier molecular flexibility index (Phi) is 5.02. The van der Waals surface area contributed by atoms with Crippen LogP contribution in [-0.2, 0) is 20.0 Å². The highest BCUT2D eigenvalue weighted by Gasteiger charge is 2.18. The number of sulfonamides is 2. The minimum Gasteiger partial charge on any atom is -0.497 e. The van der Waals surface area contributed by atoms with Crippen molar-refractivity contribution in [1.82, 2.24) is 0 Å². The van der Waals surface area contributed by atoms with Crippen LogP contribution in [0.4, 0.5) is 5.69 Å². The van der Waals surface area contributed by atoms with Gasteiger partial charge in [0.15, 0.2) is 0 Å². The van der Waals surface area contributed by atoms with Crippen molar-refractivity contribution >= 4 is 25.7 Å². The minimum atomic E-state index is -3.95. The Morgan fingerprint density at radius 1 is 0.875 bits per heavy atom. The summed E-state index contributed by atoms with van der Waals surface area (Å²) in [5.74, 6) is 0.749. The number of ether oxygens (including phenoxy) is 2. The first kappa shape index (κ1) is 18.0. The monoisotopic (exact) mass is 372 g/mol. The molecule has 2 aromatic carbocycles. The summed E-state index contributed by atoms with van der Waals surface area (Å²) in [5.41, 5.74) is 0.187. The summed E-state index contributed by atoms with van der Waals surface area (Å²) in [7, 11) is -5.00. The number of rotatable bonds is 6. The van der Waals surface area contributed by atoms with E-state index in [9.17, 15) is 16.8 Å². The molecule has 8 nitrogen and oxygen atoms in total. The van der Waals surface area contributed by atoms with Gasteiger partial charge in [-0.1, -0.05) is 0 Å². The van der Waals surface area contributed by atoms with E-state index in [1.807, 2.05) is 0 Å². The average Bonchev–Trinajstić information content (AvgIpc) is 2.53. The number of benzene rings is 2. The van der Waals surface area contributed by atoms with E-state index in [2.05, 4.69) is 4.72 Å². The van der Waals surface area contributed by atoms with E-state index >= 15 is 0 Å². The van der Waals surface area contributed by atoms with Crippen molar-refractivity contribution in [1.29, 1.82) is 0 Å². The second-order valence-electron chi connectivity index (χ2n) is 4.69. The van der Waals surface area contributed by atoms with Crippen LogP contribution in [-0.4, -0.2) is 31.1 Å². The Balaban J connectivity index is 2.38. The van der Waals surface area contributed by atoms with E-state index in [-0.39, 0.29) is 15.5 Å². The van der Waals surface area contributed by atoms with E-state index in [1.54, 1.807) is 12.1 Å². The molecule has 0 aliphatic rings. The third kappa shape index (κ3) is 3.96. The van der Waals surface area contributed by atoms with Crippen molar-refractivity contribution in [3.05, 3.63) is 42.5 Å². The predicted molar refractivity (Wildman–Crippen MR) is 88.2 cm³/mol. The molecule has 0 saturated heterocycles. The van der Waals surface area contributed by atoms with Gasteiger partial charge in [0, 0.05) is 6.07 Å². The lowest BCUT2D eigenvalue weighted by atomic mass is 10.3. The zero-order chi connectivity index (χ0) is 18.0. The number of hydrogen-bond donors (Lipinski definition) is 2. The molecular weight excluding hydrogens is 356 g/mol. The summed E-state index contributed by atoms with van der Waals surface area (Å²) in [6.45, 7) is 0. The molecule has 0 fully saturated rings. The van der Waals surface area contributed by atoms with Crippen LogP contribution in [0, 0.1) is 0 Å². The fourth-order valence-electron chi connectivity index (χ4n) is 1.91. The SMILES string of the molecule is COc1ccc(OC)c(NS(=O)(=O)c2ccc(S(N)(=O)=O)cc2)c1. The summed E-state index contributed by atoms with van der Waals surface area (Å²) in [6, 6.07) is 9.18. The number of anilines is 1. The van der Waals surface area contributed by atoms with Crippen LogP contribution in [0.15, 0.2) is 52.3 Å². The molecule has 0 aliphatic heterocycles. The summed E-state index contributed by atoms with van der Waals surface area (Å²) < 4.78 is 59.9. The van der Waals surface area contributed by atoms with Crippen LogP contribution in [0.25, 0.3) is 0 Å². The van der Waals surface area contributed by atoms with Gasteiger partial charge in [-0.2, -0.15) is 0 Å². The molecule has 0 spiro atoms. The van der Waals surface area contributed by atoms with E-state index < -0.39 is 20.0 Å². The molecule has 0 heterocycles. The quantitative estimate of drug-likeness (QED) is 0.784. The van der Waals surface area contributed by atoms with Gasteiger partial charge in [0.05, 0.1) is 29.7 Å². The van der Waals surface area contributed by atoms with Gasteiger partial charge in [0.25, 0.3) is 10.0 Å². The fraction of sp³-hybridized carbons (Fsp3) is 0.143. The van der Waals surface area contributed by atoms with E-state index in [0.29, 0.717) is 11.5 Å². The van der Waals surface area contributed by atoms with E-state index in [4.69, 9.17) is 14.6 Å². The zero-order valence-corrected chi connectivity index (χ0v) is 14.5. The van der Waals surface area contributed by atoms with E-state index in [1.165, 1.54) is 20.3 Å². The standard InChI is InChI=1S/C14H16N2O6S2/c1-21-10-3-8-14(22-2)13(9-10)16-24(19,20)12-6-4-11(5-7-12)23(15,17)18/h3-9,16H,1-2H3,(H2,15,17,18). The smallest absolute Gasteiger partial charge is 0.262 e. The highest BCUT2D eigenvalue weighted by molar-refractivity contribution is 7.92. The summed E-state index contributed by atoms with van der Waals surface area (Å²) >= 11 is 0. The van der Waals surface area contributed by atoms with Crippen molar-refractivity contribution in [2.75, 3.05) is 18.9 Å². The third-order valence-electron chi connectivity index (χ3n) is 3.11. The van der Waals surface area contributed by atoms with Crippen molar-refractivity contribution in [2.24, 2.45) is 5.14 Å². The average molecular weight is 372 g/mol. The lowest BCUT2D eigenvalue weighted by molar-refractivity contribution is 0.405. The molecule has 0 unspecified atom stereocenters. The molecular formula is C14H16N2O6S2. The van der Waals surface area contributed by atoms with Crippen molar-refractivity contribution in [3.63, 3.8) is 0 Å². The fourth-order valence-corrected chi connectivity index (χ4v) is 3.48. The van der Waals surface area contributed by atoms with Crippen LogP contribution in [0.2, 0.25) is 0 Å². The van der Waals surface area contributed by atoms with Crippen LogP contribution in [0.1, 0.15) is 0 Å². The zero-order valence-electron chi connectivity index (χ0n) is 12.9. The molecule has 0 aromatic heterocycles. The molecule has 3 N–H and O–H groups in total. The Labute approximate surface area is 140 Å². The lowest BCUT2D eigenvalue weighted by Gasteiger charge is -2.13. The van der Waals surface area contributed by atoms with Crippen LogP contribution < -0.4 is 19.3 Å². The highest BCUT2D eigenvalue weighted by Crippen LogP contribution is 2.30. The molecule has 0 bridgehead atoms. The van der Waals surface area contributed by atoms with Crippen molar-refractivity contribution in [2.45, 2.75) is 9.79 Å². The van der Waals surface area contributed by atoms with Gasteiger partial charge in [0.1, 0.15) is 11.5 Å². The van der Waals surface area contributed by atoms with Crippen LogP contribution in [0.3, 0.4) is 0 Å². The van der Waals surface area contributed by atoms with Crippen LogP contribution >= 0.6 is 0 Å². The topological polar surface area (TPSA) is 125 Å². The number of primary sulfonamides is 1. The van der Waals surface area contributed by atoms with Gasteiger partial charge in [-0.3, -0.25) is 4.72 Å². The molecule has 0 saturated carbocycles. The van der Waals surface area contributed by atoms with Gasteiger partial charge in [-0.25, -0.2) is 22.0 Å². The molecule has 0 amide bonds. The maximum Gasteiger partial charge on any atom is 0.262 e. The van der Waals surface area contributed by atoms with Gasteiger partial charge in [-0.05, 0) is 36.4 Å². The number of nitrogens with one attached hydrogen (secondary N) is 1. The molecule has 0 aliphatic carbocycles. The molecule has 130 valence electrons. The Hall–Kier alpha value is -2.30. The Morgan fingerprint density at radius 3 is 1.96 bits per heavy atom. The summed E-state index contributed by atoms with van der Waals surface area (Å²) in [4.78, 5) is -0.305. The third-order valence-corrected chi connectivity index (χ3v) is 5.42. The minimum absolute atomic E-state index is 0.125. The van der Waals surface area contributed by atoms with Crippen molar-refractivity contribution < 1.29 is 26.3 Å². The van der Waals surface area contributed by atoms with Crippen LogP contribution in [0.5, 0.6) is 11.5 Å². The highest BCUT2D eigenvalue weighted by atomic mass is 32.2. The number of hydrogen-bond acceptors (Lipinski definition) is 6. The number of methoxy groups -OCH3 is 2. The molecule has 2 rings (SSSR count). The molecule has 0 radical (unpaired) electrons. The van der Waals surface area contributed by atoms with Gasteiger partial charge >= 0.3 is 0 Å². The van der Waals surface area contributed by atoms with Gasteiger partial charge in [-0.15, -0.1) is 0 Å².